The molecule has 0 heterocycles. The molecule has 0 spiro atoms. The van der Waals surface area contributed by atoms with Gasteiger partial charge >= 0.3 is 0 Å². The number of rotatable bonds is 5. The average molecular weight is 341 g/mol. The van der Waals surface area contributed by atoms with Crippen molar-refractivity contribution in [1.82, 2.24) is 0 Å². The molecule has 0 fully saturated rings. The Hall–Kier alpha value is -2.64. The highest BCUT2D eigenvalue weighted by Crippen LogP contribution is 2.11. The van der Waals surface area contributed by atoms with E-state index in [1.165, 1.54) is 21.1 Å². The van der Waals surface area contributed by atoms with Crippen LogP contribution in [0.5, 0.6) is 0 Å². The Kier molecular flexibility index (Phi) is 5.47. The third kappa shape index (κ3) is 3.57. The van der Waals surface area contributed by atoms with Crippen LogP contribution in [-0.4, -0.2) is 8.07 Å². The molecule has 0 aliphatic heterocycles. The Balaban J connectivity index is 2.33. The normalized spacial score (nSPS) is 12.5. The Morgan fingerprint density at radius 2 is 1.00 bits per heavy atom. The summed E-state index contributed by atoms with van der Waals surface area (Å²) in [5.74, 6) is 0. The minimum Gasteiger partial charge on any atom is -0.0847 e. The van der Waals surface area contributed by atoms with Gasteiger partial charge in [-0.15, -0.1) is 0 Å². The number of hydrogen-bond acceptors (Lipinski definition) is 0. The highest BCUT2D eigenvalue weighted by molar-refractivity contribution is 7.14. The Bertz CT molecular complexity index is 750. The van der Waals surface area contributed by atoms with E-state index in [2.05, 4.69) is 123 Å². The fourth-order valence-electron chi connectivity index (χ4n) is 3.24. The summed E-state index contributed by atoms with van der Waals surface area (Å²) >= 11 is 0. The van der Waals surface area contributed by atoms with E-state index in [0.29, 0.717) is 0 Å². The molecule has 124 valence electrons. The zero-order valence-corrected chi connectivity index (χ0v) is 15.9. The zero-order chi connectivity index (χ0) is 17.5. The van der Waals surface area contributed by atoms with Crippen LogP contribution in [0.4, 0.5) is 0 Å². The average Bonchev–Trinajstić information content (AvgIpc) is 2.71. The summed E-state index contributed by atoms with van der Waals surface area (Å²) in [6, 6.07) is 32.9. The van der Waals surface area contributed by atoms with Crippen molar-refractivity contribution in [2.75, 3.05) is 0 Å². The number of benzene rings is 3. The van der Waals surface area contributed by atoms with Crippen LogP contribution in [0.1, 0.15) is 13.8 Å². The highest BCUT2D eigenvalue weighted by Gasteiger charge is 2.36. The van der Waals surface area contributed by atoms with Gasteiger partial charge in [-0.2, -0.15) is 0 Å². The van der Waals surface area contributed by atoms with Crippen molar-refractivity contribution < 1.29 is 0 Å². The molecule has 0 N–H and O–H groups in total. The Morgan fingerprint density at radius 1 is 0.640 bits per heavy atom. The largest absolute Gasteiger partial charge is 0.172 e. The standard InChI is InChI=1S/C24H24Si/c1-3-21(2)19-20-25(22-13-7-4-8-14-22,23-15-9-5-10-16-23)24-17-11-6-12-18-24/h3-20H,1-2H3/b20-19+,21-3+. The minimum atomic E-state index is -2.22. The molecule has 0 amide bonds. The molecule has 0 bridgehead atoms. The van der Waals surface area contributed by atoms with E-state index in [0.717, 1.165) is 0 Å². The molecule has 3 aromatic carbocycles. The Morgan fingerprint density at radius 3 is 1.32 bits per heavy atom. The molecule has 0 radical (unpaired) electrons. The van der Waals surface area contributed by atoms with Crippen molar-refractivity contribution >= 4 is 23.6 Å². The fourth-order valence-corrected chi connectivity index (χ4v) is 7.49. The lowest BCUT2D eigenvalue weighted by Crippen LogP contribution is -2.66. The Labute approximate surface area is 152 Å². The molecular weight excluding hydrogens is 316 g/mol. The maximum absolute atomic E-state index is 2.47. The van der Waals surface area contributed by atoms with Crippen molar-refractivity contribution in [3.05, 3.63) is 114 Å². The molecule has 3 aromatic rings. The van der Waals surface area contributed by atoms with Gasteiger partial charge in [0, 0.05) is 0 Å². The van der Waals surface area contributed by atoms with Gasteiger partial charge in [-0.1, -0.05) is 114 Å². The van der Waals surface area contributed by atoms with Crippen molar-refractivity contribution in [1.29, 1.82) is 0 Å². The molecule has 0 saturated heterocycles. The van der Waals surface area contributed by atoms with Crippen LogP contribution < -0.4 is 15.6 Å². The van der Waals surface area contributed by atoms with E-state index in [1.54, 1.807) is 0 Å². The lowest BCUT2D eigenvalue weighted by molar-refractivity contribution is 1.48. The molecule has 0 atom stereocenters. The third-order valence-electron chi connectivity index (χ3n) is 4.74. The summed E-state index contributed by atoms with van der Waals surface area (Å²) in [5, 5.41) is 4.23. The first kappa shape index (κ1) is 17.2. The van der Waals surface area contributed by atoms with Gasteiger partial charge in [-0.25, -0.2) is 0 Å². The van der Waals surface area contributed by atoms with Gasteiger partial charge in [0.1, 0.15) is 0 Å². The summed E-state index contributed by atoms with van der Waals surface area (Å²) in [7, 11) is -2.22. The van der Waals surface area contributed by atoms with E-state index < -0.39 is 8.07 Å². The van der Waals surface area contributed by atoms with E-state index >= 15 is 0 Å². The summed E-state index contributed by atoms with van der Waals surface area (Å²) in [6.45, 7) is 4.26. The second-order valence-corrected chi connectivity index (χ2v) is 9.95. The molecule has 0 saturated carbocycles. The molecule has 25 heavy (non-hydrogen) atoms. The van der Waals surface area contributed by atoms with Gasteiger partial charge in [0.05, 0.1) is 0 Å². The molecule has 3 rings (SSSR count). The topological polar surface area (TPSA) is 0 Å². The van der Waals surface area contributed by atoms with Crippen LogP contribution in [0.2, 0.25) is 0 Å². The number of allylic oxidation sites excluding steroid dienone is 3. The molecule has 0 aromatic heterocycles. The fraction of sp³-hybridized carbons (Fsp3) is 0.0833. The van der Waals surface area contributed by atoms with Crippen LogP contribution in [0, 0.1) is 0 Å². The predicted octanol–water partition coefficient (Wildman–Crippen LogP) is 4.22. The van der Waals surface area contributed by atoms with Crippen molar-refractivity contribution in [3.63, 3.8) is 0 Å². The van der Waals surface area contributed by atoms with Crippen molar-refractivity contribution in [3.8, 4) is 0 Å². The van der Waals surface area contributed by atoms with Crippen molar-refractivity contribution in [2.24, 2.45) is 0 Å². The van der Waals surface area contributed by atoms with Gasteiger partial charge in [0.2, 0.25) is 0 Å². The highest BCUT2D eigenvalue weighted by atomic mass is 28.3. The molecule has 0 aliphatic carbocycles. The van der Waals surface area contributed by atoms with E-state index in [9.17, 15) is 0 Å². The van der Waals surface area contributed by atoms with Crippen molar-refractivity contribution in [2.45, 2.75) is 13.8 Å². The lowest BCUT2D eigenvalue weighted by atomic mass is 10.3. The van der Waals surface area contributed by atoms with Crippen LogP contribution in [-0.2, 0) is 0 Å². The smallest absolute Gasteiger partial charge is 0.0847 e. The predicted molar refractivity (Wildman–Crippen MR) is 113 cm³/mol. The van der Waals surface area contributed by atoms with E-state index in [4.69, 9.17) is 0 Å². The molecular formula is C24H24Si. The van der Waals surface area contributed by atoms with Gasteiger partial charge in [-0.3, -0.25) is 0 Å². The molecule has 0 aliphatic rings. The first-order valence-corrected chi connectivity index (χ1v) is 10.8. The maximum atomic E-state index is 2.47. The SMILES string of the molecule is C/C=C(C)/C=C/[Si](c1ccccc1)(c1ccccc1)c1ccccc1. The summed E-state index contributed by atoms with van der Waals surface area (Å²) < 4.78 is 0. The molecule has 1 heteroatoms. The van der Waals surface area contributed by atoms with Crippen LogP contribution in [0.3, 0.4) is 0 Å². The van der Waals surface area contributed by atoms with Crippen LogP contribution in [0.15, 0.2) is 114 Å². The lowest BCUT2D eigenvalue weighted by Gasteiger charge is -2.30. The molecule has 0 nitrogen and oxygen atoms in total. The van der Waals surface area contributed by atoms with Gasteiger partial charge in [0.25, 0.3) is 0 Å². The summed E-state index contributed by atoms with van der Waals surface area (Å²) in [4.78, 5) is 0. The van der Waals surface area contributed by atoms with E-state index in [1.807, 2.05) is 0 Å². The van der Waals surface area contributed by atoms with Crippen LogP contribution >= 0.6 is 0 Å². The quantitative estimate of drug-likeness (QED) is 0.371. The molecule has 0 unspecified atom stereocenters. The zero-order valence-electron chi connectivity index (χ0n) is 14.9. The van der Waals surface area contributed by atoms with Crippen LogP contribution in [0.25, 0.3) is 0 Å². The van der Waals surface area contributed by atoms with Gasteiger partial charge < -0.3 is 0 Å². The number of hydrogen-bond donors (Lipinski definition) is 0. The second kappa shape index (κ2) is 7.95. The van der Waals surface area contributed by atoms with E-state index in [-0.39, 0.29) is 0 Å². The maximum Gasteiger partial charge on any atom is 0.172 e. The monoisotopic (exact) mass is 340 g/mol. The summed E-state index contributed by atoms with van der Waals surface area (Å²) in [6.07, 6.45) is 4.45. The van der Waals surface area contributed by atoms with Gasteiger partial charge in [-0.05, 0) is 29.4 Å². The first-order chi connectivity index (χ1) is 12.3. The first-order valence-electron chi connectivity index (χ1n) is 8.76. The minimum absolute atomic E-state index is 1.29. The third-order valence-corrected chi connectivity index (χ3v) is 9.14. The summed E-state index contributed by atoms with van der Waals surface area (Å²) in [5.41, 5.74) is 3.77. The van der Waals surface area contributed by atoms with Gasteiger partial charge in [0.15, 0.2) is 8.07 Å². The second-order valence-electron chi connectivity index (χ2n) is 6.27.